The monoisotopic (exact) mass is 277 g/mol. The maximum absolute atomic E-state index is 11.9. The number of carbonyl (C=O) groups excluding carboxylic acids is 2. The van der Waals surface area contributed by atoms with Gasteiger partial charge < -0.3 is 14.8 Å². The quantitative estimate of drug-likeness (QED) is 0.838. The number of hydrogen-bond acceptors (Lipinski definition) is 4. The Morgan fingerprint density at radius 2 is 2.10 bits per heavy atom. The van der Waals surface area contributed by atoms with Crippen molar-refractivity contribution in [3.8, 4) is 0 Å². The number of ether oxygens (including phenoxy) is 2. The Hall–Kier alpha value is -1.88. The molecule has 1 aromatic carbocycles. The third kappa shape index (κ3) is 3.81. The third-order valence-corrected chi connectivity index (χ3v) is 3.13. The van der Waals surface area contributed by atoms with E-state index >= 15 is 0 Å². The number of amides is 1. The first-order valence-electron chi connectivity index (χ1n) is 6.86. The number of carbonyl (C=O) groups is 2. The van der Waals surface area contributed by atoms with Gasteiger partial charge in [0.15, 0.2) is 0 Å². The standard InChI is InChI=1S/C15H19NO4/c1-2-8-20-15(18)11-3-5-13(6-4-11)16-14(17)12-7-9-19-10-12/h3-6,12H,2,7-10H2,1H3,(H,16,17). The maximum atomic E-state index is 11.9. The van der Waals surface area contributed by atoms with Gasteiger partial charge >= 0.3 is 5.97 Å². The van der Waals surface area contributed by atoms with E-state index in [0.29, 0.717) is 31.1 Å². The summed E-state index contributed by atoms with van der Waals surface area (Å²) in [5, 5.41) is 2.82. The summed E-state index contributed by atoms with van der Waals surface area (Å²) < 4.78 is 10.2. The Morgan fingerprint density at radius 1 is 1.35 bits per heavy atom. The van der Waals surface area contributed by atoms with E-state index in [-0.39, 0.29) is 17.8 Å². The van der Waals surface area contributed by atoms with E-state index in [1.165, 1.54) is 0 Å². The summed E-state index contributed by atoms with van der Waals surface area (Å²) >= 11 is 0. The molecule has 1 atom stereocenters. The van der Waals surface area contributed by atoms with Crippen LogP contribution in [0.25, 0.3) is 0 Å². The maximum Gasteiger partial charge on any atom is 0.338 e. The first-order chi connectivity index (χ1) is 9.70. The average Bonchev–Trinajstić information content (AvgIpc) is 3.00. The minimum atomic E-state index is -0.339. The zero-order valence-corrected chi connectivity index (χ0v) is 11.6. The van der Waals surface area contributed by atoms with Gasteiger partial charge in [-0.05, 0) is 37.1 Å². The molecule has 0 aliphatic carbocycles. The fourth-order valence-electron chi connectivity index (χ4n) is 1.95. The van der Waals surface area contributed by atoms with Gasteiger partial charge in [0.1, 0.15) is 0 Å². The first-order valence-corrected chi connectivity index (χ1v) is 6.86. The molecule has 1 aliphatic heterocycles. The molecule has 5 nitrogen and oxygen atoms in total. The molecule has 0 radical (unpaired) electrons. The number of benzene rings is 1. The number of anilines is 1. The Bertz CT molecular complexity index is 463. The van der Waals surface area contributed by atoms with Gasteiger partial charge in [-0.2, -0.15) is 0 Å². The largest absolute Gasteiger partial charge is 0.462 e. The molecule has 1 fully saturated rings. The van der Waals surface area contributed by atoms with Crippen LogP contribution in [-0.2, 0) is 14.3 Å². The smallest absolute Gasteiger partial charge is 0.338 e. The molecule has 1 aliphatic rings. The van der Waals surface area contributed by atoms with Crippen LogP contribution in [0.4, 0.5) is 5.69 Å². The van der Waals surface area contributed by atoms with E-state index in [1.807, 2.05) is 6.92 Å². The van der Waals surface area contributed by atoms with Crippen LogP contribution in [-0.4, -0.2) is 31.7 Å². The summed E-state index contributed by atoms with van der Waals surface area (Å²) in [6, 6.07) is 6.71. The summed E-state index contributed by atoms with van der Waals surface area (Å²) in [6.07, 6.45) is 1.55. The summed E-state index contributed by atoms with van der Waals surface area (Å²) in [5.74, 6) is -0.457. The topological polar surface area (TPSA) is 64.6 Å². The lowest BCUT2D eigenvalue weighted by Gasteiger charge is -2.09. The van der Waals surface area contributed by atoms with Gasteiger partial charge in [-0.3, -0.25) is 4.79 Å². The first kappa shape index (κ1) is 14.5. The summed E-state index contributed by atoms with van der Waals surface area (Å²) in [4.78, 5) is 23.5. The van der Waals surface area contributed by atoms with E-state index in [0.717, 1.165) is 12.8 Å². The van der Waals surface area contributed by atoms with E-state index in [4.69, 9.17) is 9.47 Å². The van der Waals surface area contributed by atoms with Crippen LogP contribution in [0.3, 0.4) is 0 Å². The predicted octanol–water partition coefficient (Wildman–Crippen LogP) is 2.23. The van der Waals surface area contributed by atoms with Crippen LogP contribution < -0.4 is 5.32 Å². The van der Waals surface area contributed by atoms with Crippen molar-refractivity contribution < 1.29 is 19.1 Å². The number of rotatable bonds is 5. The highest BCUT2D eigenvalue weighted by molar-refractivity contribution is 5.94. The molecule has 5 heteroatoms. The van der Waals surface area contributed by atoms with Crippen LogP contribution in [0, 0.1) is 5.92 Å². The Labute approximate surface area is 118 Å². The van der Waals surface area contributed by atoms with Gasteiger partial charge in [0, 0.05) is 12.3 Å². The molecule has 1 saturated heterocycles. The van der Waals surface area contributed by atoms with E-state index in [9.17, 15) is 9.59 Å². The lowest BCUT2D eigenvalue weighted by Crippen LogP contribution is -2.22. The number of esters is 1. The van der Waals surface area contributed by atoms with Gasteiger partial charge in [-0.1, -0.05) is 6.92 Å². The minimum absolute atomic E-state index is 0.0381. The van der Waals surface area contributed by atoms with Gasteiger partial charge in [0.05, 0.1) is 24.7 Å². The highest BCUT2D eigenvalue weighted by Gasteiger charge is 2.23. The summed E-state index contributed by atoms with van der Waals surface area (Å²) in [5.41, 5.74) is 1.16. The van der Waals surface area contributed by atoms with Gasteiger partial charge in [0.25, 0.3) is 0 Å². The minimum Gasteiger partial charge on any atom is -0.462 e. The highest BCUT2D eigenvalue weighted by atomic mass is 16.5. The van der Waals surface area contributed by atoms with Crippen molar-refractivity contribution in [3.63, 3.8) is 0 Å². The highest BCUT2D eigenvalue weighted by Crippen LogP contribution is 2.16. The summed E-state index contributed by atoms with van der Waals surface area (Å²) in [6.45, 7) is 3.48. The van der Waals surface area contributed by atoms with Gasteiger partial charge in [-0.15, -0.1) is 0 Å². The molecule has 0 saturated carbocycles. The number of nitrogens with one attached hydrogen (secondary N) is 1. The lowest BCUT2D eigenvalue weighted by atomic mass is 10.1. The van der Waals surface area contributed by atoms with Crippen molar-refractivity contribution in [2.24, 2.45) is 5.92 Å². The second-order valence-electron chi connectivity index (χ2n) is 4.76. The second-order valence-corrected chi connectivity index (χ2v) is 4.76. The molecule has 20 heavy (non-hydrogen) atoms. The van der Waals surface area contributed by atoms with Crippen molar-refractivity contribution in [2.45, 2.75) is 19.8 Å². The Balaban J connectivity index is 1.90. The SMILES string of the molecule is CCCOC(=O)c1ccc(NC(=O)C2CCOC2)cc1. The Kier molecular flexibility index (Phi) is 5.12. The van der Waals surface area contributed by atoms with Gasteiger partial charge in [-0.25, -0.2) is 4.79 Å². The van der Waals surface area contributed by atoms with Crippen molar-refractivity contribution >= 4 is 17.6 Å². The molecule has 0 aromatic heterocycles. The molecule has 1 amide bonds. The molecule has 108 valence electrons. The van der Waals surface area contributed by atoms with Crippen LogP contribution in [0.1, 0.15) is 30.1 Å². The second kappa shape index (κ2) is 7.05. The van der Waals surface area contributed by atoms with Crippen LogP contribution in [0.5, 0.6) is 0 Å². The van der Waals surface area contributed by atoms with Gasteiger partial charge in [0.2, 0.25) is 5.91 Å². The fourth-order valence-corrected chi connectivity index (χ4v) is 1.95. The zero-order valence-electron chi connectivity index (χ0n) is 11.6. The van der Waals surface area contributed by atoms with E-state index in [2.05, 4.69) is 5.32 Å². The molecular weight excluding hydrogens is 258 g/mol. The van der Waals surface area contributed by atoms with E-state index in [1.54, 1.807) is 24.3 Å². The fraction of sp³-hybridized carbons (Fsp3) is 0.467. The molecule has 0 spiro atoms. The van der Waals surface area contributed by atoms with Crippen molar-refractivity contribution in [1.29, 1.82) is 0 Å². The van der Waals surface area contributed by atoms with Crippen molar-refractivity contribution in [2.75, 3.05) is 25.1 Å². The molecule has 0 bridgehead atoms. The van der Waals surface area contributed by atoms with Crippen molar-refractivity contribution in [3.05, 3.63) is 29.8 Å². The molecule has 2 rings (SSSR count). The molecule has 1 heterocycles. The molecule has 1 N–H and O–H groups in total. The normalized spacial score (nSPS) is 17.8. The van der Waals surface area contributed by atoms with E-state index < -0.39 is 0 Å². The molecular formula is C15H19NO4. The average molecular weight is 277 g/mol. The third-order valence-electron chi connectivity index (χ3n) is 3.13. The lowest BCUT2D eigenvalue weighted by molar-refractivity contribution is -0.119. The van der Waals surface area contributed by atoms with Crippen LogP contribution in [0.15, 0.2) is 24.3 Å². The summed E-state index contributed by atoms with van der Waals surface area (Å²) in [7, 11) is 0. The van der Waals surface area contributed by atoms with Crippen LogP contribution >= 0.6 is 0 Å². The molecule has 1 aromatic rings. The van der Waals surface area contributed by atoms with Crippen molar-refractivity contribution in [1.82, 2.24) is 0 Å². The Morgan fingerprint density at radius 3 is 2.70 bits per heavy atom. The zero-order chi connectivity index (χ0) is 14.4. The number of hydrogen-bond donors (Lipinski definition) is 1. The van der Waals surface area contributed by atoms with Crippen LogP contribution in [0.2, 0.25) is 0 Å². The predicted molar refractivity (Wildman–Crippen MR) is 74.6 cm³/mol. The molecule has 1 unspecified atom stereocenters.